The molecule has 26 heavy (non-hydrogen) atoms. The van der Waals surface area contributed by atoms with Crippen molar-refractivity contribution in [2.24, 2.45) is 4.99 Å². The first-order valence-electron chi connectivity index (χ1n) is 8.71. The van der Waals surface area contributed by atoms with Crippen LogP contribution in [0.3, 0.4) is 0 Å². The molecule has 4 N–H and O–H groups in total. The Kier molecular flexibility index (Phi) is 9.29. The first-order valence-corrected chi connectivity index (χ1v) is 8.71. The van der Waals surface area contributed by atoms with Crippen LogP contribution in [0.5, 0.6) is 5.75 Å². The molecule has 0 saturated carbocycles. The van der Waals surface area contributed by atoms with Gasteiger partial charge in [-0.15, -0.1) is 0 Å². The van der Waals surface area contributed by atoms with Crippen molar-refractivity contribution < 1.29 is 18.6 Å². The maximum atomic E-state index is 12.1. The van der Waals surface area contributed by atoms with E-state index in [9.17, 15) is 13.9 Å². The highest BCUT2D eigenvalue weighted by molar-refractivity contribution is 5.79. The molecule has 0 heterocycles. The molecular weight excluding hydrogens is 342 g/mol. The summed E-state index contributed by atoms with van der Waals surface area (Å²) in [5, 5.41) is 19.9. The largest absolute Gasteiger partial charge is 0.435 e. The smallest absolute Gasteiger partial charge is 0.387 e. The van der Waals surface area contributed by atoms with E-state index in [1.165, 1.54) is 12.1 Å². The number of alkyl halides is 2. The topological polar surface area (TPSA) is 77.9 Å². The molecule has 0 fully saturated rings. The van der Waals surface area contributed by atoms with Gasteiger partial charge in [0.15, 0.2) is 5.96 Å². The third-order valence-corrected chi connectivity index (χ3v) is 3.33. The molecule has 0 bridgehead atoms. The SMILES string of the molecule is CCNC(=NCC(O)c1ccc(OC(F)F)cc1)NCCNC(C)(C)C. The Morgan fingerprint density at radius 2 is 1.81 bits per heavy atom. The van der Waals surface area contributed by atoms with E-state index in [2.05, 4.69) is 46.5 Å². The average molecular weight is 372 g/mol. The summed E-state index contributed by atoms with van der Waals surface area (Å²) in [5.41, 5.74) is 0.633. The number of aliphatic hydroxyl groups is 1. The van der Waals surface area contributed by atoms with Crippen LogP contribution in [0.15, 0.2) is 29.3 Å². The highest BCUT2D eigenvalue weighted by atomic mass is 19.3. The number of hydrogen-bond acceptors (Lipinski definition) is 4. The van der Waals surface area contributed by atoms with Crippen LogP contribution < -0.4 is 20.7 Å². The van der Waals surface area contributed by atoms with Crippen molar-refractivity contribution in [2.75, 3.05) is 26.2 Å². The van der Waals surface area contributed by atoms with E-state index >= 15 is 0 Å². The summed E-state index contributed by atoms with van der Waals surface area (Å²) in [4.78, 5) is 4.36. The van der Waals surface area contributed by atoms with Crippen LogP contribution in [-0.4, -0.2) is 49.4 Å². The Labute approximate surface area is 154 Å². The molecule has 1 aromatic rings. The molecule has 6 nitrogen and oxygen atoms in total. The summed E-state index contributed by atoms with van der Waals surface area (Å²) < 4.78 is 28.6. The number of guanidine groups is 1. The van der Waals surface area contributed by atoms with E-state index in [4.69, 9.17) is 0 Å². The molecule has 0 spiro atoms. The van der Waals surface area contributed by atoms with E-state index in [1.54, 1.807) is 12.1 Å². The summed E-state index contributed by atoms with van der Waals surface area (Å²) in [5.74, 6) is 0.667. The zero-order valence-corrected chi connectivity index (χ0v) is 15.9. The summed E-state index contributed by atoms with van der Waals surface area (Å²) in [7, 11) is 0. The second-order valence-electron chi connectivity index (χ2n) is 6.79. The van der Waals surface area contributed by atoms with Gasteiger partial charge in [-0.05, 0) is 45.4 Å². The number of aliphatic hydroxyl groups excluding tert-OH is 1. The van der Waals surface area contributed by atoms with Crippen molar-refractivity contribution in [3.63, 3.8) is 0 Å². The monoisotopic (exact) mass is 372 g/mol. The van der Waals surface area contributed by atoms with Gasteiger partial charge in [-0.1, -0.05) is 12.1 Å². The standard InChI is InChI=1S/C18H30F2N4O2/c1-5-21-17(22-10-11-24-18(2,3)4)23-12-15(25)13-6-8-14(9-7-13)26-16(19)20/h6-9,15-16,24-25H,5,10-12H2,1-4H3,(H2,21,22,23). The molecule has 1 unspecified atom stereocenters. The number of nitrogens with one attached hydrogen (secondary N) is 3. The number of benzene rings is 1. The summed E-state index contributed by atoms with van der Waals surface area (Å²) in [6.45, 7) is 7.72. The number of ether oxygens (including phenoxy) is 1. The van der Waals surface area contributed by atoms with E-state index in [0.29, 0.717) is 24.6 Å². The van der Waals surface area contributed by atoms with E-state index in [-0.39, 0.29) is 17.8 Å². The van der Waals surface area contributed by atoms with Gasteiger partial charge in [0, 0.05) is 25.2 Å². The van der Waals surface area contributed by atoms with Crippen LogP contribution in [-0.2, 0) is 0 Å². The Hall–Kier alpha value is -1.93. The molecule has 1 rings (SSSR count). The third-order valence-electron chi connectivity index (χ3n) is 3.33. The van der Waals surface area contributed by atoms with Crippen LogP contribution in [0.2, 0.25) is 0 Å². The van der Waals surface area contributed by atoms with Gasteiger partial charge < -0.3 is 25.8 Å². The molecule has 0 aromatic heterocycles. The molecule has 0 aliphatic heterocycles. The molecule has 8 heteroatoms. The van der Waals surface area contributed by atoms with Gasteiger partial charge in [0.1, 0.15) is 5.75 Å². The lowest BCUT2D eigenvalue weighted by Crippen LogP contribution is -2.44. The van der Waals surface area contributed by atoms with Crippen LogP contribution in [0, 0.1) is 0 Å². The zero-order valence-electron chi connectivity index (χ0n) is 15.9. The molecule has 1 atom stereocenters. The average Bonchev–Trinajstić information content (AvgIpc) is 2.55. The fourth-order valence-electron chi connectivity index (χ4n) is 2.11. The minimum Gasteiger partial charge on any atom is -0.435 e. The van der Waals surface area contributed by atoms with Crippen molar-refractivity contribution in [2.45, 2.75) is 45.9 Å². The molecule has 0 amide bonds. The summed E-state index contributed by atoms with van der Waals surface area (Å²) in [6, 6.07) is 5.89. The molecule has 148 valence electrons. The third kappa shape index (κ3) is 9.53. The van der Waals surface area contributed by atoms with Crippen LogP contribution in [0.4, 0.5) is 8.78 Å². The highest BCUT2D eigenvalue weighted by Crippen LogP contribution is 2.19. The number of rotatable bonds is 9. The van der Waals surface area contributed by atoms with Gasteiger partial charge >= 0.3 is 6.61 Å². The van der Waals surface area contributed by atoms with Crippen molar-refractivity contribution in [1.29, 1.82) is 0 Å². The Morgan fingerprint density at radius 1 is 1.15 bits per heavy atom. The second kappa shape index (κ2) is 10.9. The molecule has 0 aliphatic carbocycles. The lowest BCUT2D eigenvalue weighted by molar-refractivity contribution is -0.0498. The summed E-state index contributed by atoms with van der Waals surface area (Å²) in [6.07, 6.45) is -0.834. The molecule has 0 aliphatic rings. The maximum Gasteiger partial charge on any atom is 0.387 e. The van der Waals surface area contributed by atoms with Gasteiger partial charge in [-0.2, -0.15) is 8.78 Å². The minimum absolute atomic E-state index is 0.0492. The Morgan fingerprint density at radius 3 is 2.35 bits per heavy atom. The molecule has 0 saturated heterocycles. The van der Waals surface area contributed by atoms with Gasteiger partial charge in [0.2, 0.25) is 0 Å². The van der Waals surface area contributed by atoms with E-state index in [0.717, 1.165) is 6.54 Å². The first kappa shape index (κ1) is 22.1. The van der Waals surface area contributed by atoms with E-state index < -0.39 is 12.7 Å². The van der Waals surface area contributed by atoms with Crippen molar-refractivity contribution in [1.82, 2.24) is 16.0 Å². The Bertz CT molecular complexity index is 545. The molecular formula is C18H30F2N4O2. The first-order chi connectivity index (χ1) is 12.2. The van der Waals surface area contributed by atoms with Crippen LogP contribution in [0.1, 0.15) is 39.4 Å². The van der Waals surface area contributed by atoms with Crippen molar-refractivity contribution in [3.8, 4) is 5.75 Å². The van der Waals surface area contributed by atoms with Crippen molar-refractivity contribution >= 4 is 5.96 Å². The molecule has 1 aromatic carbocycles. The second-order valence-corrected chi connectivity index (χ2v) is 6.79. The summed E-state index contributed by atoms with van der Waals surface area (Å²) >= 11 is 0. The van der Waals surface area contributed by atoms with Crippen molar-refractivity contribution in [3.05, 3.63) is 29.8 Å². The quantitative estimate of drug-likeness (QED) is 0.304. The van der Waals surface area contributed by atoms with Gasteiger partial charge in [0.25, 0.3) is 0 Å². The van der Waals surface area contributed by atoms with Gasteiger partial charge in [0.05, 0.1) is 12.6 Å². The maximum absolute atomic E-state index is 12.1. The zero-order chi connectivity index (χ0) is 19.6. The fraction of sp³-hybridized carbons (Fsp3) is 0.611. The number of aliphatic imine (C=N–C) groups is 1. The molecule has 0 radical (unpaired) electrons. The predicted octanol–water partition coefficient (Wildman–Crippen LogP) is 2.26. The number of hydrogen-bond donors (Lipinski definition) is 4. The van der Waals surface area contributed by atoms with Crippen LogP contribution in [0.25, 0.3) is 0 Å². The normalized spacial score (nSPS) is 13.6. The predicted molar refractivity (Wildman–Crippen MR) is 99.8 cm³/mol. The Balaban J connectivity index is 2.53. The lowest BCUT2D eigenvalue weighted by Gasteiger charge is -2.21. The van der Waals surface area contributed by atoms with Crippen LogP contribution >= 0.6 is 0 Å². The minimum atomic E-state index is -2.86. The number of halogens is 2. The van der Waals surface area contributed by atoms with Gasteiger partial charge in [-0.25, -0.2) is 0 Å². The highest BCUT2D eigenvalue weighted by Gasteiger charge is 2.10. The fourth-order valence-corrected chi connectivity index (χ4v) is 2.11. The van der Waals surface area contributed by atoms with E-state index in [1.807, 2.05) is 6.92 Å². The van der Waals surface area contributed by atoms with Gasteiger partial charge in [-0.3, -0.25) is 4.99 Å². The number of nitrogens with zero attached hydrogens (tertiary/aromatic N) is 1. The lowest BCUT2D eigenvalue weighted by atomic mass is 10.1.